The van der Waals surface area contributed by atoms with Gasteiger partial charge in [0.2, 0.25) is 0 Å². The fraction of sp³-hybridized carbons (Fsp3) is 0.667. The Labute approximate surface area is 106 Å². The van der Waals surface area contributed by atoms with E-state index in [4.69, 9.17) is 5.53 Å². The molecule has 9 heteroatoms. The van der Waals surface area contributed by atoms with Crippen LogP contribution in [0.25, 0.3) is 10.4 Å². The maximum absolute atomic E-state index is 11.8. The average molecular weight is 272 g/mol. The van der Waals surface area contributed by atoms with E-state index < -0.39 is 10.0 Å². The Balaban J connectivity index is 2.48. The number of hydrogen-bond donors (Lipinski definition) is 1. The second-order valence-electron chi connectivity index (χ2n) is 3.80. The van der Waals surface area contributed by atoms with Gasteiger partial charge in [-0.05, 0) is 25.3 Å². The van der Waals surface area contributed by atoms with Crippen molar-refractivity contribution < 1.29 is 8.42 Å². The molecule has 100 valence electrons. The van der Waals surface area contributed by atoms with Crippen molar-refractivity contribution in [2.75, 3.05) is 13.1 Å². The standard InChI is InChI=1S/C9H16N6O2S/c1-8-13-9(7-15(8)2)18(16,17)12-6-4-3-5-11-14-10/h7,12H,3-6H2,1-2H3. The molecule has 0 saturated carbocycles. The van der Waals surface area contributed by atoms with Gasteiger partial charge < -0.3 is 4.57 Å². The molecular weight excluding hydrogens is 256 g/mol. The van der Waals surface area contributed by atoms with Crippen LogP contribution in [-0.2, 0) is 17.1 Å². The predicted octanol–water partition coefficient (Wildman–Crippen LogP) is 1.10. The molecule has 1 rings (SSSR count). The molecule has 0 radical (unpaired) electrons. The lowest BCUT2D eigenvalue weighted by molar-refractivity contribution is 0.573. The molecule has 1 heterocycles. The van der Waals surface area contributed by atoms with Crippen LogP contribution in [0.1, 0.15) is 18.7 Å². The maximum Gasteiger partial charge on any atom is 0.259 e. The zero-order valence-corrected chi connectivity index (χ0v) is 11.2. The monoisotopic (exact) mass is 272 g/mol. The Morgan fingerprint density at radius 3 is 2.83 bits per heavy atom. The molecule has 0 fully saturated rings. The molecule has 8 nitrogen and oxygen atoms in total. The first-order chi connectivity index (χ1) is 8.47. The highest BCUT2D eigenvalue weighted by molar-refractivity contribution is 7.89. The number of aryl methyl sites for hydroxylation is 2. The highest BCUT2D eigenvalue weighted by Crippen LogP contribution is 2.07. The Morgan fingerprint density at radius 2 is 2.28 bits per heavy atom. The van der Waals surface area contributed by atoms with E-state index in [1.54, 1.807) is 18.5 Å². The van der Waals surface area contributed by atoms with E-state index in [0.717, 1.165) is 0 Å². The van der Waals surface area contributed by atoms with Gasteiger partial charge in [-0.25, -0.2) is 18.1 Å². The van der Waals surface area contributed by atoms with E-state index in [2.05, 4.69) is 19.7 Å². The van der Waals surface area contributed by atoms with Gasteiger partial charge in [0.15, 0.2) is 5.03 Å². The first-order valence-corrected chi connectivity index (χ1v) is 6.96. The lowest BCUT2D eigenvalue weighted by atomic mass is 10.3. The lowest BCUT2D eigenvalue weighted by Gasteiger charge is -2.02. The van der Waals surface area contributed by atoms with Crippen LogP contribution < -0.4 is 4.72 Å². The SMILES string of the molecule is Cc1nc(S(=O)(=O)NCCCCN=[N+]=[N-])cn1C. The van der Waals surface area contributed by atoms with Crippen molar-refractivity contribution in [3.8, 4) is 0 Å². The number of nitrogens with one attached hydrogen (secondary N) is 1. The van der Waals surface area contributed by atoms with E-state index in [1.165, 1.54) is 6.20 Å². The van der Waals surface area contributed by atoms with Gasteiger partial charge in [0.05, 0.1) is 0 Å². The summed E-state index contributed by atoms with van der Waals surface area (Å²) in [6, 6.07) is 0. The van der Waals surface area contributed by atoms with Gasteiger partial charge in [-0.15, -0.1) is 0 Å². The van der Waals surface area contributed by atoms with Gasteiger partial charge in [0.25, 0.3) is 10.0 Å². The molecule has 0 atom stereocenters. The molecular formula is C9H16N6O2S. The molecule has 1 N–H and O–H groups in total. The minimum atomic E-state index is -3.54. The summed E-state index contributed by atoms with van der Waals surface area (Å²) in [6.07, 6.45) is 2.73. The van der Waals surface area contributed by atoms with Crippen LogP contribution in [0.3, 0.4) is 0 Å². The molecule has 0 aliphatic carbocycles. The van der Waals surface area contributed by atoms with Gasteiger partial charge in [0.1, 0.15) is 5.82 Å². The number of nitrogens with zero attached hydrogens (tertiary/aromatic N) is 5. The van der Waals surface area contributed by atoms with Crippen LogP contribution >= 0.6 is 0 Å². The zero-order chi connectivity index (χ0) is 13.6. The number of azide groups is 1. The Kier molecular flexibility index (Phi) is 5.14. The lowest BCUT2D eigenvalue weighted by Crippen LogP contribution is -2.25. The van der Waals surface area contributed by atoms with E-state index >= 15 is 0 Å². The van der Waals surface area contributed by atoms with Gasteiger partial charge in [-0.1, -0.05) is 5.11 Å². The van der Waals surface area contributed by atoms with Crippen molar-refractivity contribution >= 4 is 10.0 Å². The van der Waals surface area contributed by atoms with Crippen LogP contribution in [0.2, 0.25) is 0 Å². The van der Waals surface area contributed by atoms with Crippen molar-refractivity contribution in [1.29, 1.82) is 0 Å². The second kappa shape index (κ2) is 6.39. The van der Waals surface area contributed by atoms with Gasteiger partial charge in [-0.2, -0.15) is 0 Å². The summed E-state index contributed by atoms with van der Waals surface area (Å²) >= 11 is 0. The molecule has 0 amide bonds. The number of aromatic nitrogens is 2. The molecule has 1 aromatic rings. The minimum Gasteiger partial charge on any atom is -0.337 e. The van der Waals surface area contributed by atoms with E-state index in [9.17, 15) is 8.42 Å². The van der Waals surface area contributed by atoms with Crippen molar-refractivity contribution in [2.45, 2.75) is 24.8 Å². The molecule has 0 spiro atoms. The summed E-state index contributed by atoms with van der Waals surface area (Å²) in [4.78, 5) is 6.57. The third-order valence-electron chi connectivity index (χ3n) is 2.40. The molecule has 0 aliphatic rings. The Bertz CT molecular complexity index is 524. The molecule has 0 saturated heterocycles. The smallest absolute Gasteiger partial charge is 0.259 e. The van der Waals surface area contributed by atoms with Crippen molar-refractivity contribution in [3.05, 3.63) is 22.5 Å². The number of sulfonamides is 1. The van der Waals surface area contributed by atoms with Gasteiger partial charge >= 0.3 is 0 Å². The average Bonchev–Trinajstić information content (AvgIpc) is 2.65. The van der Waals surface area contributed by atoms with Crippen LogP contribution in [0.4, 0.5) is 0 Å². The van der Waals surface area contributed by atoms with Crippen molar-refractivity contribution in [2.24, 2.45) is 12.2 Å². The van der Waals surface area contributed by atoms with Crippen LogP contribution in [0.5, 0.6) is 0 Å². The van der Waals surface area contributed by atoms with Gasteiger partial charge in [-0.3, -0.25) is 0 Å². The highest BCUT2D eigenvalue weighted by atomic mass is 32.2. The first-order valence-electron chi connectivity index (χ1n) is 5.48. The molecule has 0 aromatic carbocycles. The Morgan fingerprint density at radius 1 is 1.56 bits per heavy atom. The number of rotatable bonds is 7. The van der Waals surface area contributed by atoms with Crippen molar-refractivity contribution in [3.63, 3.8) is 0 Å². The zero-order valence-electron chi connectivity index (χ0n) is 10.4. The summed E-state index contributed by atoms with van der Waals surface area (Å²) in [5.74, 6) is 0.638. The molecule has 0 aliphatic heterocycles. The Hall–Kier alpha value is -1.57. The third kappa shape index (κ3) is 4.02. The molecule has 18 heavy (non-hydrogen) atoms. The fourth-order valence-corrected chi connectivity index (χ4v) is 2.40. The summed E-state index contributed by atoms with van der Waals surface area (Å²) in [5, 5.41) is 3.39. The van der Waals surface area contributed by atoms with E-state index in [0.29, 0.717) is 31.8 Å². The van der Waals surface area contributed by atoms with Crippen LogP contribution in [-0.4, -0.2) is 31.1 Å². The maximum atomic E-state index is 11.8. The van der Waals surface area contributed by atoms with Crippen molar-refractivity contribution in [1.82, 2.24) is 14.3 Å². The predicted molar refractivity (Wildman–Crippen MR) is 66.4 cm³/mol. The first kappa shape index (κ1) is 14.5. The summed E-state index contributed by atoms with van der Waals surface area (Å²) < 4.78 is 27.7. The topological polar surface area (TPSA) is 113 Å². The normalized spacial score (nSPS) is 11.2. The number of unbranched alkanes of at least 4 members (excludes halogenated alkanes) is 1. The number of hydrogen-bond acceptors (Lipinski definition) is 4. The largest absolute Gasteiger partial charge is 0.337 e. The molecule has 0 bridgehead atoms. The molecule has 1 aromatic heterocycles. The molecule has 0 unspecified atom stereocenters. The minimum absolute atomic E-state index is 0.0255. The summed E-state index contributed by atoms with van der Waals surface area (Å²) in [5.41, 5.74) is 8.07. The second-order valence-corrected chi connectivity index (χ2v) is 5.51. The highest BCUT2D eigenvalue weighted by Gasteiger charge is 2.17. The van der Waals surface area contributed by atoms with Gasteiger partial charge in [0, 0.05) is 31.2 Å². The fourth-order valence-electron chi connectivity index (χ4n) is 1.29. The van der Waals surface area contributed by atoms with Crippen LogP contribution in [0.15, 0.2) is 16.3 Å². The quantitative estimate of drug-likeness (QED) is 0.347. The number of imidazole rings is 1. The van der Waals surface area contributed by atoms with E-state index in [-0.39, 0.29) is 5.03 Å². The van der Waals surface area contributed by atoms with E-state index in [1.807, 2.05) is 0 Å². The third-order valence-corrected chi connectivity index (χ3v) is 3.73. The summed E-state index contributed by atoms with van der Waals surface area (Å²) in [6.45, 7) is 2.42. The summed E-state index contributed by atoms with van der Waals surface area (Å²) in [7, 11) is -1.80. The van der Waals surface area contributed by atoms with Crippen LogP contribution in [0, 0.1) is 6.92 Å².